The van der Waals surface area contributed by atoms with E-state index < -0.39 is 41.1 Å². The second kappa shape index (κ2) is 9.04. The van der Waals surface area contributed by atoms with E-state index in [9.17, 15) is 36.2 Å². The van der Waals surface area contributed by atoms with Crippen LogP contribution in [0.4, 0.5) is 26.3 Å². The Hall–Kier alpha value is -1.95. The summed E-state index contributed by atoms with van der Waals surface area (Å²) in [5.41, 5.74) is 6.20. The molecule has 170 valence electrons. The lowest BCUT2D eigenvalue weighted by Crippen LogP contribution is -2.56. The van der Waals surface area contributed by atoms with E-state index in [4.69, 9.17) is 5.73 Å². The lowest BCUT2D eigenvalue weighted by Gasteiger charge is -2.44. The molecule has 1 saturated heterocycles. The van der Waals surface area contributed by atoms with E-state index in [0.717, 1.165) is 6.07 Å². The second-order valence-corrected chi connectivity index (χ2v) is 8.23. The highest BCUT2D eigenvalue weighted by molar-refractivity contribution is 7.12. The van der Waals surface area contributed by atoms with Crippen LogP contribution in [-0.2, 0) is 17.4 Å². The predicted molar refractivity (Wildman–Crippen MR) is 99.6 cm³/mol. The van der Waals surface area contributed by atoms with Gasteiger partial charge >= 0.3 is 18.3 Å². The quantitative estimate of drug-likeness (QED) is 0.591. The number of nitrogens with one attached hydrogen (secondary N) is 1. The SMILES string of the molecule is CN/C=C(\N)[C@@H]1CC(c2sc(C(F)(F)F)cc2CCO)C[C@H](C)N1C(=O)C(F)(F)F. The summed E-state index contributed by atoms with van der Waals surface area (Å²) < 4.78 is 79.0. The first-order chi connectivity index (χ1) is 13.8. The number of nitrogens with zero attached hydrogens (tertiary/aromatic N) is 1. The Kier molecular flexibility index (Phi) is 7.33. The maximum atomic E-state index is 13.2. The Balaban J connectivity index is 2.48. The number of amides is 1. The summed E-state index contributed by atoms with van der Waals surface area (Å²) in [4.78, 5) is 12.2. The summed E-state index contributed by atoms with van der Waals surface area (Å²) in [7, 11) is 1.49. The molecule has 1 amide bonds. The molecule has 5 nitrogen and oxygen atoms in total. The van der Waals surface area contributed by atoms with Crippen LogP contribution in [-0.4, -0.2) is 47.8 Å². The van der Waals surface area contributed by atoms with Gasteiger partial charge in [-0.05, 0) is 43.7 Å². The number of hydrogen-bond donors (Lipinski definition) is 3. The normalized spacial score (nSPS) is 23.6. The standard InChI is InChI=1S/C18H23F6N3O2S/c1-9-5-11(15-10(3-4-28)7-14(30-15)17(19,20)21)6-13(12(25)8-26-2)27(9)16(29)18(22,23)24/h7-9,11,13,26,28H,3-6,25H2,1-2H3/b12-8-/t9-,11?,13-/m0/s1. The number of carbonyl (C=O) groups is 1. The zero-order valence-corrected chi connectivity index (χ0v) is 17.1. The molecule has 0 saturated carbocycles. The van der Waals surface area contributed by atoms with E-state index >= 15 is 0 Å². The average Bonchev–Trinajstić information content (AvgIpc) is 3.04. The number of carbonyl (C=O) groups excluding carboxylic acids is 1. The van der Waals surface area contributed by atoms with Crippen LogP contribution in [0.3, 0.4) is 0 Å². The van der Waals surface area contributed by atoms with Gasteiger partial charge in [0.15, 0.2) is 0 Å². The first-order valence-corrected chi connectivity index (χ1v) is 9.95. The van der Waals surface area contributed by atoms with Gasteiger partial charge in [-0.1, -0.05) is 0 Å². The number of aliphatic hydroxyl groups excluding tert-OH is 1. The van der Waals surface area contributed by atoms with Gasteiger partial charge in [0, 0.05) is 36.5 Å². The van der Waals surface area contributed by atoms with Gasteiger partial charge < -0.3 is 21.1 Å². The van der Waals surface area contributed by atoms with Crippen molar-refractivity contribution in [2.45, 2.75) is 56.5 Å². The highest BCUT2D eigenvalue weighted by Crippen LogP contribution is 2.45. The van der Waals surface area contributed by atoms with Crippen molar-refractivity contribution in [3.05, 3.63) is 33.3 Å². The van der Waals surface area contributed by atoms with Crippen molar-refractivity contribution in [3.63, 3.8) is 0 Å². The molecule has 1 aromatic heterocycles. The number of hydrogen-bond acceptors (Lipinski definition) is 5. The Morgan fingerprint density at radius 1 is 1.33 bits per heavy atom. The molecule has 0 radical (unpaired) electrons. The summed E-state index contributed by atoms with van der Waals surface area (Å²) in [5.74, 6) is -2.59. The number of piperidine rings is 1. The molecule has 0 bridgehead atoms. The number of likely N-dealkylation sites (tertiary alicyclic amines) is 1. The number of halogens is 6. The third-order valence-corrected chi connectivity index (χ3v) is 6.37. The number of rotatable bonds is 5. The lowest BCUT2D eigenvalue weighted by molar-refractivity contribution is -0.191. The first kappa shape index (κ1) is 24.3. The topological polar surface area (TPSA) is 78.6 Å². The fourth-order valence-electron chi connectivity index (χ4n) is 3.82. The minimum Gasteiger partial charge on any atom is -0.399 e. The summed E-state index contributed by atoms with van der Waals surface area (Å²) >= 11 is 0.520. The molecule has 0 spiro atoms. The van der Waals surface area contributed by atoms with Crippen molar-refractivity contribution in [2.75, 3.05) is 13.7 Å². The zero-order chi connectivity index (χ0) is 22.9. The Bertz CT molecular complexity index is 790. The van der Waals surface area contributed by atoms with Crippen molar-refractivity contribution >= 4 is 17.2 Å². The van der Waals surface area contributed by atoms with Crippen LogP contribution >= 0.6 is 11.3 Å². The van der Waals surface area contributed by atoms with Crippen LogP contribution in [0.15, 0.2) is 18.0 Å². The van der Waals surface area contributed by atoms with Crippen molar-refractivity contribution in [1.29, 1.82) is 0 Å². The van der Waals surface area contributed by atoms with Crippen LogP contribution in [0.25, 0.3) is 0 Å². The third kappa shape index (κ3) is 5.20. The smallest absolute Gasteiger partial charge is 0.399 e. The van der Waals surface area contributed by atoms with E-state index in [2.05, 4.69) is 5.32 Å². The van der Waals surface area contributed by atoms with E-state index in [1.165, 1.54) is 20.2 Å². The van der Waals surface area contributed by atoms with Gasteiger partial charge in [-0.3, -0.25) is 4.79 Å². The fraction of sp³-hybridized carbons (Fsp3) is 0.611. The maximum Gasteiger partial charge on any atom is 0.471 e. The molecule has 1 aliphatic rings. The van der Waals surface area contributed by atoms with Gasteiger partial charge in [-0.15, -0.1) is 11.3 Å². The lowest BCUT2D eigenvalue weighted by atomic mass is 9.83. The molecule has 4 N–H and O–H groups in total. The van der Waals surface area contributed by atoms with E-state index in [0.29, 0.717) is 26.7 Å². The predicted octanol–water partition coefficient (Wildman–Crippen LogP) is 3.35. The average molecular weight is 459 g/mol. The summed E-state index contributed by atoms with van der Waals surface area (Å²) in [6.07, 6.45) is -8.44. The molecular formula is C18H23F6N3O2S. The summed E-state index contributed by atoms with van der Waals surface area (Å²) in [6.45, 7) is 1.05. The molecule has 3 atom stereocenters. The van der Waals surface area contributed by atoms with Gasteiger partial charge in [0.2, 0.25) is 0 Å². The van der Waals surface area contributed by atoms with Crippen LogP contribution in [0.2, 0.25) is 0 Å². The van der Waals surface area contributed by atoms with Crippen LogP contribution in [0.1, 0.15) is 41.0 Å². The molecule has 30 heavy (non-hydrogen) atoms. The number of thiophene rings is 1. The van der Waals surface area contributed by atoms with Gasteiger partial charge in [-0.2, -0.15) is 26.3 Å². The monoisotopic (exact) mass is 459 g/mol. The molecule has 1 aliphatic heterocycles. The molecule has 1 fully saturated rings. The van der Waals surface area contributed by atoms with Crippen LogP contribution in [0, 0.1) is 0 Å². The molecule has 0 aliphatic carbocycles. The van der Waals surface area contributed by atoms with Gasteiger partial charge in [0.05, 0.1) is 6.04 Å². The molecule has 0 aromatic carbocycles. The van der Waals surface area contributed by atoms with E-state index in [1.807, 2.05) is 0 Å². The first-order valence-electron chi connectivity index (χ1n) is 9.14. The van der Waals surface area contributed by atoms with Crippen LogP contribution < -0.4 is 11.1 Å². The summed E-state index contributed by atoms with van der Waals surface area (Å²) in [5, 5.41) is 11.8. The molecule has 1 unspecified atom stereocenters. The minimum absolute atomic E-state index is 0.00943. The zero-order valence-electron chi connectivity index (χ0n) is 16.3. The Labute approximate surface area is 173 Å². The second-order valence-electron chi connectivity index (χ2n) is 7.15. The Morgan fingerprint density at radius 3 is 2.47 bits per heavy atom. The Morgan fingerprint density at radius 2 is 1.97 bits per heavy atom. The molecule has 1 aromatic rings. The van der Waals surface area contributed by atoms with Gasteiger partial charge in [0.1, 0.15) is 4.88 Å². The van der Waals surface area contributed by atoms with Gasteiger partial charge in [-0.25, -0.2) is 0 Å². The molecule has 2 heterocycles. The maximum absolute atomic E-state index is 13.2. The van der Waals surface area contributed by atoms with Crippen molar-refractivity contribution in [1.82, 2.24) is 10.2 Å². The van der Waals surface area contributed by atoms with Gasteiger partial charge in [0.25, 0.3) is 0 Å². The molecule has 12 heteroatoms. The van der Waals surface area contributed by atoms with E-state index in [-0.39, 0.29) is 31.6 Å². The number of nitrogens with two attached hydrogens (primary N) is 1. The number of aliphatic hydroxyl groups is 1. The molecular weight excluding hydrogens is 436 g/mol. The van der Waals surface area contributed by atoms with Crippen LogP contribution in [0.5, 0.6) is 0 Å². The summed E-state index contributed by atoms with van der Waals surface area (Å²) in [6, 6.07) is -1.08. The highest BCUT2D eigenvalue weighted by atomic mass is 32.1. The van der Waals surface area contributed by atoms with Crippen molar-refractivity contribution < 1.29 is 36.2 Å². The molecule has 2 rings (SSSR count). The van der Waals surface area contributed by atoms with Crippen molar-refractivity contribution in [2.24, 2.45) is 5.73 Å². The fourth-order valence-corrected chi connectivity index (χ4v) is 5.02. The van der Waals surface area contributed by atoms with Crippen molar-refractivity contribution in [3.8, 4) is 0 Å². The minimum atomic E-state index is -5.10. The van der Waals surface area contributed by atoms with E-state index in [1.54, 1.807) is 0 Å². The number of alkyl halides is 6. The third-order valence-electron chi connectivity index (χ3n) is 4.99. The highest BCUT2D eigenvalue weighted by Gasteiger charge is 2.49. The largest absolute Gasteiger partial charge is 0.471 e.